The van der Waals surface area contributed by atoms with Crippen LogP contribution >= 0.6 is 0 Å². The van der Waals surface area contributed by atoms with Crippen LogP contribution in [0.15, 0.2) is 30.5 Å². The number of rotatable bonds is 7. The average molecular weight is 526 g/mol. The number of carboxylic acids is 1. The second-order valence-electron chi connectivity index (χ2n) is 8.04. The Labute approximate surface area is 203 Å². The molecule has 0 bridgehead atoms. The first-order valence-corrected chi connectivity index (χ1v) is 12.5. The van der Waals surface area contributed by atoms with Crippen molar-refractivity contribution >= 4 is 38.8 Å². The molecule has 1 aromatic carbocycles. The molecule has 2 heterocycles. The molecule has 5 N–H and O–H groups in total. The lowest BCUT2D eigenvalue weighted by atomic mass is 10.1. The number of sulfone groups is 1. The number of carboxylic acid groups (broad SMARTS) is 1. The molecule has 1 saturated carbocycles. The fourth-order valence-electron chi connectivity index (χ4n) is 3.11. The van der Waals surface area contributed by atoms with Gasteiger partial charge < -0.3 is 21.5 Å². The summed E-state index contributed by atoms with van der Waals surface area (Å²) >= 11 is 0. The second kappa shape index (κ2) is 10.4. The maximum atomic E-state index is 11.8. The summed E-state index contributed by atoms with van der Waals surface area (Å²) in [4.78, 5) is 13.4. The summed E-state index contributed by atoms with van der Waals surface area (Å²) < 4.78 is 56.9. The van der Waals surface area contributed by atoms with Gasteiger partial charge in [0.25, 0.3) is 0 Å². The van der Waals surface area contributed by atoms with E-state index in [1.807, 2.05) is 18.2 Å². The third kappa shape index (κ3) is 7.06. The number of aliphatic carboxylic acids is 1. The third-order valence-corrected chi connectivity index (χ3v) is 5.72. The van der Waals surface area contributed by atoms with Crippen LogP contribution in [-0.2, 0) is 26.9 Å². The van der Waals surface area contributed by atoms with Gasteiger partial charge in [0.1, 0.15) is 23.3 Å². The quantitative estimate of drug-likeness (QED) is 0.359. The molecule has 0 aliphatic heterocycles. The van der Waals surface area contributed by atoms with E-state index in [0.29, 0.717) is 34.3 Å². The molecule has 36 heavy (non-hydrogen) atoms. The van der Waals surface area contributed by atoms with Crippen LogP contribution < -0.4 is 16.4 Å². The van der Waals surface area contributed by atoms with Crippen molar-refractivity contribution in [2.24, 2.45) is 5.73 Å². The molecule has 0 atom stereocenters. The summed E-state index contributed by atoms with van der Waals surface area (Å²) in [5.74, 6) is -1.57. The number of fused-ring (bicyclic) bond motifs is 1. The first-order chi connectivity index (χ1) is 16.8. The molecule has 1 aliphatic carbocycles. The molecule has 2 aromatic heterocycles. The van der Waals surface area contributed by atoms with E-state index in [1.54, 1.807) is 10.6 Å². The van der Waals surface area contributed by atoms with Gasteiger partial charge in [0.05, 0.1) is 11.9 Å². The van der Waals surface area contributed by atoms with Crippen molar-refractivity contribution in [1.82, 2.24) is 14.6 Å². The minimum atomic E-state index is -5.08. The number of anilines is 3. The van der Waals surface area contributed by atoms with Gasteiger partial charge in [-0.1, -0.05) is 6.07 Å². The Morgan fingerprint density at radius 2 is 1.97 bits per heavy atom. The number of nitrogens with zero attached hydrogens (tertiary/aromatic N) is 4. The zero-order chi connectivity index (χ0) is 26.7. The van der Waals surface area contributed by atoms with Gasteiger partial charge in [0.15, 0.2) is 15.5 Å². The fraction of sp³-hybridized carbons (Fsp3) is 0.333. The number of nitrogens with one attached hydrogen (secondary N) is 2. The minimum absolute atomic E-state index is 0.0861. The number of halogens is 3. The van der Waals surface area contributed by atoms with Crippen molar-refractivity contribution in [1.29, 1.82) is 5.26 Å². The van der Waals surface area contributed by atoms with Crippen molar-refractivity contribution in [3.63, 3.8) is 0 Å². The number of hydrogen-bond acceptors (Lipinski definition) is 9. The van der Waals surface area contributed by atoms with Gasteiger partial charge in [-0.05, 0) is 36.1 Å². The maximum absolute atomic E-state index is 11.8. The van der Waals surface area contributed by atoms with Crippen LogP contribution in [0, 0.1) is 11.3 Å². The highest BCUT2D eigenvalue weighted by Crippen LogP contribution is 2.28. The molecule has 0 spiro atoms. The molecule has 0 amide bonds. The van der Waals surface area contributed by atoms with E-state index in [0.717, 1.165) is 24.2 Å². The molecular formula is C21H22F3N7O4S. The Morgan fingerprint density at radius 3 is 2.50 bits per heavy atom. The van der Waals surface area contributed by atoms with Crippen molar-refractivity contribution in [2.45, 2.75) is 37.4 Å². The highest BCUT2D eigenvalue weighted by Gasteiger charge is 2.38. The predicted octanol–water partition coefficient (Wildman–Crippen LogP) is 2.56. The van der Waals surface area contributed by atoms with E-state index < -0.39 is 22.0 Å². The Morgan fingerprint density at radius 1 is 1.31 bits per heavy atom. The van der Waals surface area contributed by atoms with Gasteiger partial charge >= 0.3 is 12.1 Å². The Balaban J connectivity index is 0.000000454. The summed E-state index contributed by atoms with van der Waals surface area (Å²) in [5, 5.41) is 27.3. The van der Waals surface area contributed by atoms with Crippen LogP contribution in [0.5, 0.6) is 0 Å². The normalized spacial score (nSPS) is 13.4. The standard InChI is InChI=1S/C19H21N7O2S.C2HF3O2/c1-29(27,28)11-13-6-16(3-2-12(13)8-20)23-17-7-18(24-15-4-5-15)26-19(25-17)14(9-21)10-22-26;3-2(4,5)1(6)7/h2-3,6-7,10,15,24H,4-5,8,11,20H2,1H3,(H,23,25);(H,6,7). The molecule has 0 saturated heterocycles. The van der Waals surface area contributed by atoms with E-state index in [-0.39, 0.29) is 12.3 Å². The zero-order valence-corrected chi connectivity index (χ0v) is 19.7. The lowest BCUT2D eigenvalue weighted by molar-refractivity contribution is -0.192. The smallest absolute Gasteiger partial charge is 0.475 e. The van der Waals surface area contributed by atoms with Crippen molar-refractivity contribution in [2.75, 3.05) is 16.9 Å². The van der Waals surface area contributed by atoms with E-state index in [9.17, 15) is 26.9 Å². The van der Waals surface area contributed by atoms with Gasteiger partial charge in [-0.2, -0.15) is 28.0 Å². The second-order valence-corrected chi connectivity index (χ2v) is 10.2. The summed E-state index contributed by atoms with van der Waals surface area (Å²) in [6, 6.07) is 9.73. The van der Waals surface area contributed by atoms with Crippen molar-refractivity contribution in [3.8, 4) is 6.07 Å². The Bertz CT molecular complexity index is 1430. The van der Waals surface area contributed by atoms with Gasteiger partial charge in [-0.25, -0.2) is 18.2 Å². The number of nitrogens with two attached hydrogens (primary N) is 1. The maximum Gasteiger partial charge on any atom is 0.490 e. The fourth-order valence-corrected chi connectivity index (χ4v) is 3.95. The molecule has 4 rings (SSSR count). The number of aromatic nitrogens is 3. The number of benzene rings is 1. The molecule has 1 fully saturated rings. The van der Waals surface area contributed by atoms with Gasteiger partial charge in [0, 0.05) is 30.6 Å². The number of hydrogen-bond donors (Lipinski definition) is 4. The van der Waals surface area contributed by atoms with Crippen molar-refractivity contribution < 1.29 is 31.5 Å². The lowest BCUT2D eigenvalue weighted by Gasteiger charge is -2.13. The summed E-state index contributed by atoms with van der Waals surface area (Å²) in [5.41, 5.74) is 8.70. The molecule has 3 aromatic rings. The van der Waals surface area contributed by atoms with Crippen LogP contribution in [0.3, 0.4) is 0 Å². The average Bonchev–Trinajstić information content (AvgIpc) is 3.49. The Hall–Kier alpha value is -3.90. The molecule has 1 aliphatic rings. The summed E-state index contributed by atoms with van der Waals surface area (Å²) in [7, 11) is -3.20. The highest BCUT2D eigenvalue weighted by atomic mass is 32.2. The highest BCUT2D eigenvalue weighted by molar-refractivity contribution is 7.89. The number of nitriles is 1. The number of alkyl halides is 3. The van der Waals surface area contributed by atoms with Gasteiger partial charge in [0.2, 0.25) is 0 Å². The van der Waals surface area contributed by atoms with Crippen LogP contribution in [-0.4, -0.2) is 52.6 Å². The van der Waals surface area contributed by atoms with Gasteiger partial charge in [-0.3, -0.25) is 0 Å². The van der Waals surface area contributed by atoms with Crippen molar-refractivity contribution in [3.05, 3.63) is 47.2 Å². The number of carbonyl (C=O) groups is 1. The van der Waals surface area contributed by atoms with Crippen LogP contribution in [0.4, 0.5) is 30.5 Å². The van der Waals surface area contributed by atoms with E-state index in [2.05, 4.69) is 26.8 Å². The molecule has 15 heteroatoms. The van der Waals surface area contributed by atoms with Crippen LogP contribution in [0.2, 0.25) is 0 Å². The molecule has 0 unspecified atom stereocenters. The Kier molecular flexibility index (Phi) is 7.70. The summed E-state index contributed by atoms with van der Waals surface area (Å²) in [6.45, 7) is 0.256. The van der Waals surface area contributed by atoms with Crippen LogP contribution in [0.1, 0.15) is 29.5 Å². The van der Waals surface area contributed by atoms with Crippen LogP contribution in [0.25, 0.3) is 5.65 Å². The first kappa shape index (κ1) is 26.7. The predicted molar refractivity (Wildman–Crippen MR) is 124 cm³/mol. The molecule has 11 nitrogen and oxygen atoms in total. The lowest BCUT2D eigenvalue weighted by Crippen LogP contribution is -2.21. The SMILES string of the molecule is CS(=O)(=O)Cc1cc(Nc2cc(NC3CC3)n3ncc(C#N)c3n2)ccc1CN.O=C(O)C(F)(F)F. The summed E-state index contributed by atoms with van der Waals surface area (Å²) in [6.07, 6.45) is -0.213. The van der Waals surface area contributed by atoms with E-state index in [4.69, 9.17) is 15.6 Å². The largest absolute Gasteiger partial charge is 0.490 e. The topological polar surface area (TPSA) is 175 Å². The zero-order valence-electron chi connectivity index (χ0n) is 18.9. The van der Waals surface area contributed by atoms with E-state index >= 15 is 0 Å². The molecule has 192 valence electrons. The monoisotopic (exact) mass is 525 g/mol. The molecular weight excluding hydrogens is 503 g/mol. The minimum Gasteiger partial charge on any atom is -0.475 e. The molecule has 0 radical (unpaired) electrons. The van der Waals surface area contributed by atoms with E-state index in [1.165, 1.54) is 12.5 Å². The third-order valence-electron chi connectivity index (χ3n) is 4.88. The first-order valence-electron chi connectivity index (χ1n) is 10.4. The van der Waals surface area contributed by atoms with Gasteiger partial charge in [-0.15, -0.1) is 0 Å².